The number of fused-ring (bicyclic) bond motifs is 2. The summed E-state index contributed by atoms with van der Waals surface area (Å²) in [6, 6.07) is 5.64. The number of hydrazone groups is 1. The molecule has 0 saturated carbocycles. The number of likely N-dealkylation sites (N-methyl/N-ethyl adjacent to an activating group) is 2. The van der Waals surface area contributed by atoms with Crippen molar-refractivity contribution in [1.82, 2.24) is 21.0 Å². The molecular weight excluding hydrogens is 568 g/mol. The van der Waals surface area contributed by atoms with Crippen LogP contribution in [-0.2, 0) is 32.0 Å². The number of allylic oxidation sites excluding steroid dienone is 2. The van der Waals surface area contributed by atoms with Gasteiger partial charge >= 0.3 is 0 Å². The number of hydrogen-bond acceptors (Lipinski definition) is 8. The molecule has 0 fully saturated rings. The lowest BCUT2D eigenvalue weighted by atomic mass is 9.81. The Kier molecular flexibility index (Phi) is 11.8. The van der Waals surface area contributed by atoms with Crippen LogP contribution in [0, 0.1) is 17.3 Å². The number of halogens is 1. The van der Waals surface area contributed by atoms with E-state index in [2.05, 4.69) is 59.2 Å². The molecule has 0 bridgehead atoms. The molecule has 4 rings (SSSR count). The van der Waals surface area contributed by atoms with E-state index in [9.17, 15) is 14.4 Å². The molecule has 3 aliphatic rings. The lowest BCUT2D eigenvalue weighted by Crippen LogP contribution is -2.45. The number of carbonyl (C=O) groups is 4. The second-order valence-corrected chi connectivity index (χ2v) is 13.3. The maximum atomic E-state index is 13.0. The molecule has 1 aromatic carbocycles. The van der Waals surface area contributed by atoms with Gasteiger partial charge in [-0.2, -0.15) is 5.10 Å². The van der Waals surface area contributed by atoms with Gasteiger partial charge in [0.25, 0.3) is 0 Å². The lowest BCUT2D eigenvalue weighted by molar-refractivity contribution is -0.120. The van der Waals surface area contributed by atoms with Crippen LogP contribution >= 0.6 is 11.6 Å². The first kappa shape index (κ1) is 34.2. The first-order valence-electron chi connectivity index (χ1n) is 14.6. The molecule has 234 valence electrons. The number of aldehydes is 2. The highest BCUT2D eigenvalue weighted by Gasteiger charge is 2.37. The molecule has 2 amide bonds. The lowest BCUT2D eigenvalue weighted by Gasteiger charge is -2.33. The Morgan fingerprint density at radius 2 is 1.91 bits per heavy atom. The number of nitrogens with one attached hydrogen (secondary N) is 4. The van der Waals surface area contributed by atoms with Gasteiger partial charge < -0.3 is 35.9 Å². The third-order valence-corrected chi connectivity index (χ3v) is 8.23. The maximum Gasteiger partial charge on any atom is 0.225 e. The van der Waals surface area contributed by atoms with E-state index in [1.54, 1.807) is 14.1 Å². The van der Waals surface area contributed by atoms with Crippen molar-refractivity contribution >= 4 is 48.4 Å². The van der Waals surface area contributed by atoms with E-state index in [0.29, 0.717) is 36.4 Å². The quantitative estimate of drug-likeness (QED) is 0.267. The molecule has 0 spiro atoms. The van der Waals surface area contributed by atoms with Gasteiger partial charge in [-0.3, -0.25) is 9.59 Å². The molecule has 1 aromatic rings. The summed E-state index contributed by atoms with van der Waals surface area (Å²) < 4.78 is 0. The molecular formula is C32H45ClN6O4. The van der Waals surface area contributed by atoms with Crippen LogP contribution in [0.25, 0.3) is 0 Å². The highest BCUT2D eigenvalue weighted by Crippen LogP contribution is 2.37. The van der Waals surface area contributed by atoms with Crippen molar-refractivity contribution in [3.05, 3.63) is 51.6 Å². The maximum absolute atomic E-state index is 13.0. The van der Waals surface area contributed by atoms with E-state index < -0.39 is 11.5 Å². The summed E-state index contributed by atoms with van der Waals surface area (Å²) in [5.41, 5.74) is 7.63. The molecule has 0 radical (unpaired) electrons. The number of hydrogen-bond donors (Lipinski definition) is 4. The molecule has 4 unspecified atom stereocenters. The van der Waals surface area contributed by atoms with Crippen LogP contribution in [0.3, 0.4) is 0 Å². The number of rotatable bonds is 12. The first-order chi connectivity index (χ1) is 20.4. The Morgan fingerprint density at radius 1 is 1.21 bits per heavy atom. The van der Waals surface area contributed by atoms with Crippen molar-refractivity contribution in [3.8, 4) is 0 Å². The summed E-state index contributed by atoms with van der Waals surface area (Å²) in [7, 11) is 5.45. The Morgan fingerprint density at radius 3 is 2.51 bits per heavy atom. The van der Waals surface area contributed by atoms with Crippen LogP contribution in [0.5, 0.6) is 0 Å². The van der Waals surface area contributed by atoms with Gasteiger partial charge in [0.15, 0.2) is 0 Å². The predicted molar refractivity (Wildman–Crippen MR) is 171 cm³/mol. The summed E-state index contributed by atoms with van der Waals surface area (Å²) >= 11 is 6.62. The number of anilines is 1. The third kappa shape index (κ3) is 9.08. The number of amides is 2. The van der Waals surface area contributed by atoms with Crippen molar-refractivity contribution in [2.45, 2.75) is 58.0 Å². The van der Waals surface area contributed by atoms with Gasteiger partial charge in [-0.15, -0.1) is 0 Å². The summed E-state index contributed by atoms with van der Waals surface area (Å²) in [5.74, 6) is -0.698. The Hall–Kier alpha value is -3.34. The van der Waals surface area contributed by atoms with Gasteiger partial charge in [-0.05, 0) is 79.3 Å². The van der Waals surface area contributed by atoms with Gasteiger partial charge in [0.2, 0.25) is 12.3 Å². The minimum atomic E-state index is -0.590. The van der Waals surface area contributed by atoms with E-state index in [1.165, 1.54) is 5.57 Å². The van der Waals surface area contributed by atoms with Crippen LogP contribution in [0.4, 0.5) is 5.69 Å². The first-order valence-corrected chi connectivity index (χ1v) is 14.9. The fraction of sp³-hybridized carbons (Fsp3) is 0.531. The van der Waals surface area contributed by atoms with Gasteiger partial charge in [-0.25, -0.2) is 0 Å². The molecule has 1 heterocycles. The average Bonchev–Trinajstić information content (AvgIpc) is 3.59. The molecule has 4 atom stereocenters. The number of nitrogens with zero attached hydrogens (tertiary/aromatic N) is 2. The summed E-state index contributed by atoms with van der Waals surface area (Å²) in [5, 5.41) is 13.3. The zero-order valence-electron chi connectivity index (χ0n) is 26.0. The van der Waals surface area contributed by atoms with Crippen LogP contribution in [-0.4, -0.2) is 81.8 Å². The van der Waals surface area contributed by atoms with E-state index in [-0.39, 0.29) is 29.7 Å². The van der Waals surface area contributed by atoms with Crippen LogP contribution < -0.4 is 21.4 Å². The molecule has 4 N–H and O–H groups in total. The van der Waals surface area contributed by atoms with Gasteiger partial charge in [0.1, 0.15) is 12.6 Å². The topological polar surface area (TPSA) is 132 Å². The van der Waals surface area contributed by atoms with Crippen molar-refractivity contribution < 1.29 is 19.2 Å². The standard InChI is InChI=1S/C30H40ClN5O3.C2H5NO/c1-29(2,3)17-36(5)15-25-21(11-26(31)28-24(25)14-33-35-28)8-19(16-37)9-27(39)34-23-7-6-20-12-30(18-38,32-4)13-22(20)10-23;1-3-2-4/h6-7,10-11,14,16,18-19,24,28,32,35H,8-9,12-13,15,17H2,1-5H3,(H,34,39);2H,1H3,(H,3,4). The fourth-order valence-electron chi connectivity index (χ4n) is 6.01. The largest absolute Gasteiger partial charge is 0.362 e. The summed E-state index contributed by atoms with van der Waals surface area (Å²) in [6.45, 7) is 8.26. The molecule has 11 heteroatoms. The molecule has 0 saturated heterocycles. The molecule has 1 aliphatic heterocycles. The molecule has 10 nitrogen and oxygen atoms in total. The minimum Gasteiger partial charge on any atom is -0.362 e. The van der Waals surface area contributed by atoms with E-state index in [1.807, 2.05) is 30.5 Å². The van der Waals surface area contributed by atoms with Gasteiger partial charge in [-0.1, -0.05) is 38.4 Å². The fourth-order valence-corrected chi connectivity index (χ4v) is 6.33. The van der Waals surface area contributed by atoms with E-state index >= 15 is 0 Å². The van der Waals surface area contributed by atoms with E-state index in [0.717, 1.165) is 42.4 Å². The predicted octanol–water partition coefficient (Wildman–Crippen LogP) is 2.82. The highest BCUT2D eigenvalue weighted by atomic mass is 35.5. The summed E-state index contributed by atoms with van der Waals surface area (Å²) in [6.07, 6.45) is 8.00. The average molecular weight is 613 g/mol. The van der Waals surface area contributed by atoms with E-state index in [4.69, 9.17) is 16.4 Å². The zero-order valence-corrected chi connectivity index (χ0v) is 26.8. The number of carbonyl (C=O) groups excluding carboxylic acids is 4. The Balaban J connectivity index is 0.00000119. The van der Waals surface area contributed by atoms with Crippen molar-refractivity contribution in [3.63, 3.8) is 0 Å². The van der Waals surface area contributed by atoms with Crippen molar-refractivity contribution in [1.29, 1.82) is 0 Å². The summed E-state index contributed by atoms with van der Waals surface area (Å²) in [4.78, 5) is 48.1. The van der Waals surface area contributed by atoms with Crippen molar-refractivity contribution in [2.24, 2.45) is 22.4 Å². The molecule has 0 aromatic heterocycles. The highest BCUT2D eigenvalue weighted by molar-refractivity contribution is 6.31. The molecule has 43 heavy (non-hydrogen) atoms. The van der Waals surface area contributed by atoms with Gasteiger partial charge in [0, 0.05) is 55.3 Å². The molecule has 2 aliphatic carbocycles. The van der Waals surface area contributed by atoms with Crippen LogP contribution in [0.15, 0.2) is 45.6 Å². The van der Waals surface area contributed by atoms with Crippen molar-refractivity contribution in [2.75, 3.05) is 39.5 Å². The van der Waals surface area contributed by atoms with Crippen LogP contribution in [0.2, 0.25) is 0 Å². The minimum absolute atomic E-state index is 0.0172. The monoisotopic (exact) mass is 612 g/mol. The number of benzene rings is 1. The van der Waals surface area contributed by atoms with Crippen LogP contribution in [0.1, 0.15) is 44.7 Å². The second-order valence-electron chi connectivity index (χ2n) is 12.8. The normalized spacial score (nSPS) is 22.8. The SMILES string of the molecule is CNC1(C=O)Cc2ccc(NC(=O)CC(C=O)CC3=C(CN(C)CC(C)(C)C)C4C=NNC4C(Cl)=C3)cc2C1.CNC=O. The second kappa shape index (κ2) is 14.9. The Bertz CT molecular complexity index is 1290. The Labute approximate surface area is 259 Å². The smallest absolute Gasteiger partial charge is 0.225 e. The third-order valence-electron chi connectivity index (χ3n) is 7.88. The zero-order chi connectivity index (χ0) is 31.8. The van der Waals surface area contributed by atoms with Gasteiger partial charge in [0.05, 0.1) is 11.6 Å².